The number of aryl methyl sites for hydroxylation is 1. The van der Waals surface area contributed by atoms with Crippen LogP contribution in [0.5, 0.6) is 0 Å². The largest absolute Gasteiger partial charge is 0.293 e. The summed E-state index contributed by atoms with van der Waals surface area (Å²) in [6, 6.07) is 12.0. The monoisotopic (exact) mass is 374 g/mol. The van der Waals surface area contributed by atoms with E-state index in [-0.39, 0.29) is 11.4 Å². The molecule has 2 heterocycles. The summed E-state index contributed by atoms with van der Waals surface area (Å²) in [6.45, 7) is 2.34. The van der Waals surface area contributed by atoms with Crippen molar-refractivity contribution < 1.29 is 4.39 Å². The average Bonchev–Trinajstić information content (AvgIpc) is 3.29. The lowest BCUT2D eigenvalue weighted by molar-refractivity contribution is 0.626. The lowest BCUT2D eigenvalue weighted by Gasteiger charge is -2.07. The van der Waals surface area contributed by atoms with Crippen molar-refractivity contribution in [1.29, 1.82) is 0 Å². The molecule has 0 unspecified atom stereocenters. The Morgan fingerprint density at radius 1 is 1.11 bits per heavy atom. The van der Waals surface area contributed by atoms with E-state index in [4.69, 9.17) is 5.10 Å². The van der Waals surface area contributed by atoms with Crippen molar-refractivity contribution >= 4 is 10.9 Å². The highest BCUT2D eigenvalue weighted by atomic mass is 19.1. The third-order valence-corrected chi connectivity index (χ3v) is 5.46. The van der Waals surface area contributed by atoms with Crippen molar-refractivity contribution in [1.82, 2.24) is 19.3 Å². The van der Waals surface area contributed by atoms with Crippen molar-refractivity contribution in [2.24, 2.45) is 0 Å². The van der Waals surface area contributed by atoms with Crippen LogP contribution in [-0.2, 0) is 19.4 Å². The van der Waals surface area contributed by atoms with Gasteiger partial charge in [0, 0.05) is 5.69 Å². The molecule has 5 rings (SSSR count). The molecule has 2 aromatic heterocycles. The van der Waals surface area contributed by atoms with Gasteiger partial charge in [0.15, 0.2) is 0 Å². The molecule has 1 aliphatic rings. The van der Waals surface area contributed by atoms with Crippen LogP contribution in [0.2, 0.25) is 0 Å². The van der Waals surface area contributed by atoms with Crippen LogP contribution < -0.4 is 5.56 Å². The molecule has 4 aromatic rings. The molecule has 28 heavy (non-hydrogen) atoms. The Hall–Kier alpha value is -3.28. The lowest BCUT2D eigenvalue weighted by Crippen LogP contribution is -2.22. The Kier molecular flexibility index (Phi) is 3.86. The number of rotatable bonds is 3. The molecule has 0 saturated carbocycles. The van der Waals surface area contributed by atoms with E-state index in [1.54, 1.807) is 23.0 Å². The highest BCUT2D eigenvalue weighted by Crippen LogP contribution is 2.28. The molecule has 0 spiro atoms. The first-order valence-corrected chi connectivity index (χ1v) is 9.42. The minimum absolute atomic E-state index is 0.0585. The maximum absolute atomic E-state index is 13.3. The predicted molar refractivity (Wildman–Crippen MR) is 105 cm³/mol. The minimum Gasteiger partial charge on any atom is -0.293 e. The summed E-state index contributed by atoms with van der Waals surface area (Å²) in [5.74, 6) is -0.267. The van der Waals surface area contributed by atoms with Crippen molar-refractivity contribution in [2.75, 3.05) is 0 Å². The van der Waals surface area contributed by atoms with Crippen LogP contribution in [0.4, 0.5) is 4.39 Å². The van der Waals surface area contributed by atoms with E-state index in [9.17, 15) is 9.18 Å². The van der Waals surface area contributed by atoms with Crippen LogP contribution in [0.3, 0.4) is 0 Å². The van der Waals surface area contributed by atoms with Gasteiger partial charge < -0.3 is 0 Å². The topological polar surface area (TPSA) is 52.7 Å². The van der Waals surface area contributed by atoms with E-state index in [0.717, 1.165) is 47.4 Å². The SMILES string of the molecule is Cc1cccc2c(=O)n(Cc3nn(-c4ccc(F)cc4)c4c3CCC4)cnc12. The van der Waals surface area contributed by atoms with E-state index in [2.05, 4.69) is 4.98 Å². The highest BCUT2D eigenvalue weighted by Gasteiger charge is 2.23. The first kappa shape index (κ1) is 16.9. The summed E-state index contributed by atoms with van der Waals surface area (Å²) < 4.78 is 16.8. The number of hydrogen-bond donors (Lipinski definition) is 0. The molecule has 2 aromatic carbocycles. The fraction of sp³-hybridized carbons (Fsp3) is 0.227. The number of aromatic nitrogens is 4. The Balaban J connectivity index is 1.59. The van der Waals surface area contributed by atoms with Crippen LogP contribution in [-0.4, -0.2) is 19.3 Å². The number of halogens is 1. The molecule has 0 N–H and O–H groups in total. The van der Waals surface area contributed by atoms with Crippen molar-refractivity contribution in [2.45, 2.75) is 32.7 Å². The van der Waals surface area contributed by atoms with Gasteiger partial charge in [0.1, 0.15) is 5.82 Å². The standard InChI is InChI=1S/C22H19FN4O/c1-14-4-2-6-18-21(14)24-13-26(22(18)28)12-19-17-5-3-7-20(17)27(25-19)16-10-8-15(23)9-11-16/h2,4,6,8-11,13H,3,5,7,12H2,1H3. The van der Waals surface area contributed by atoms with Gasteiger partial charge in [-0.15, -0.1) is 0 Å². The van der Waals surface area contributed by atoms with Crippen LogP contribution >= 0.6 is 0 Å². The quantitative estimate of drug-likeness (QED) is 0.551. The molecule has 140 valence electrons. The van der Waals surface area contributed by atoms with E-state index >= 15 is 0 Å². The predicted octanol–water partition coefficient (Wildman–Crippen LogP) is 3.57. The summed E-state index contributed by atoms with van der Waals surface area (Å²) in [6.07, 6.45) is 4.55. The van der Waals surface area contributed by atoms with Gasteiger partial charge in [-0.25, -0.2) is 14.1 Å². The molecule has 0 amide bonds. The minimum atomic E-state index is -0.267. The number of para-hydroxylation sites is 1. The summed E-state index contributed by atoms with van der Waals surface area (Å²) in [4.78, 5) is 17.4. The third-order valence-electron chi connectivity index (χ3n) is 5.46. The second-order valence-corrected chi connectivity index (χ2v) is 7.26. The maximum Gasteiger partial charge on any atom is 0.261 e. The smallest absolute Gasteiger partial charge is 0.261 e. The number of nitrogens with zero attached hydrogens (tertiary/aromatic N) is 4. The Morgan fingerprint density at radius 3 is 2.75 bits per heavy atom. The van der Waals surface area contributed by atoms with E-state index in [1.807, 2.05) is 29.8 Å². The van der Waals surface area contributed by atoms with Crippen LogP contribution in [0.25, 0.3) is 16.6 Å². The maximum atomic E-state index is 13.3. The zero-order valence-corrected chi connectivity index (χ0v) is 15.5. The van der Waals surface area contributed by atoms with Gasteiger partial charge in [-0.3, -0.25) is 9.36 Å². The van der Waals surface area contributed by atoms with Gasteiger partial charge in [0.2, 0.25) is 0 Å². The summed E-state index contributed by atoms with van der Waals surface area (Å²) >= 11 is 0. The Labute approximate surface area is 161 Å². The number of benzene rings is 2. The fourth-order valence-corrected chi connectivity index (χ4v) is 4.05. The second kappa shape index (κ2) is 6.41. The van der Waals surface area contributed by atoms with E-state index in [0.29, 0.717) is 11.9 Å². The summed E-state index contributed by atoms with van der Waals surface area (Å²) in [5.41, 5.74) is 5.74. The van der Waals surface area contributed by atoms with Gasteiger partial charge in [0.05, 0.1) is 35.2 Å². The molecular formula is C22H19FN4O. The molecule has 0 bridgehead atoms. The average molecular weight is 374 g/mol. The van der Waals surface area contributed by atoms with Crippen molar-refractivity contribution in [3.63, 3.8) is 0 Å². The molecule has 5 nitrogen and oxygen atoms in total. The fourth-order valence-electron chi connectivity index (χ4n) is 4.05. The molecule has 6 heteroatoms. The first-order chi connectivity index (χ1) is 13.6. The normalized spacial score (nSPS) is 13.2. The molecule has 0 radical (unpaired) electrons. The number of hydrogen-bond acceptors (Lipinski definition) is 3. The van der Waals surface area contributed by atoms with Gasteiger partial charge in [-0.1, -0.05) is 12.1 Å². The van der Waals surface area contributed by atoms with Gasteiger partial charge >= 0.3 is 0 Å². The molecule has 0 fully saturated rings. The molecular weight excluding hydrogens is 355 g/mol. The molecule has 0 atom stereocenters. The Bertz CT molecular complexity index is 1250. The highest BCUT2D eigenvalue weighted by molar-refractivity contribution is 5.80. The van der Waals surface area contributed by atoms with Crippen LogP contribution in [0.1, 0.15) is 28.9 Å². The lowest BCUT2D eigenvalue weighted by atomic mass is 10.1. The summed E-state index contributed by atoms with van der Waals surface area (Å²) in [7, 11) is 0. The molecule has 1 aliphatic carbocycles. The zero-order valence-electron chi connectivity index (χ0n) is 15.5. The zero-order chi connectivity index (χ0) is 19.3. The first-order valence-electron chi connectivity index (χ1n) is 9.42. The summed E-state index contributed by atoms with van der Waals surface area (Å²) in [5, 5.41) is 5.39. The number of fused-ring (bicyclic) bond motifs is 2. The van der Waals surface area contributed by atoms with Crippen molar-refractivity contribution in [3.8, 4) is 5.69 Å². The molecule has 0 aliphatic heterocycles. The van der Waals surface area contributed by atoms with Crippen molar-refractivity contribution in [3.05, 3.63) is 87.5 Å². The van der Waals surface area contributed by atoms with Gasteiger partial charge in [0.25, 0.3) is 5.56 Å². The van der Waals surface area contributed by atoms with E-state index in [1.165, 1.54) is 17.7 Å². The second-order valence-electron chi connectivity index (χ2n) is 7.26. The third kappa shape index (κ3) is 2.64. The van der Waals surface area contributed by atoms with Crippen LogP contribution in [0, 0.1) is 12.7 Å². The van der Waals surface area contributed by atoms with E-state index < -0.39 is 0 Å². The molecule has 0 saturated heterocycles. The van der Waals surface area contributed by atoms with Crippen LogP contribution in [0.15, 0.2) is 53.6 Å². The Morgan fingerprint density at radius 2 is 1.93 bits per heavy atom. The van der Waals surface area contributed by atoms with Gasteiger partial charge in [-0.05, 0) is 67.6 Å². The van der Waals surface area contributed by atoms with Gasteiger partial charge in [-0.2, -0.15) is 5.10 Å².